The Bertz CT molecular complexity index is 1190. The van der Waals surface area contributed by atoms with Crippen LogP contribution in [-0.2, 0) is 14.8 Å². The Morgan fingerprint density at radius 3 is 2.31 bits per heavy atom. The van der Waals surface area contributed by atoms with Crippen molar-refractivity contribution in [1.29, 1.82) is 0 Å². The molecule has 0 spiro atoms. The first-order valence-electron chi connectivity index (χ1n) is 11.9. The van der Waals surface area contributed by atoms with Gasteiger partial charge in [0, 0.05) is 57.2 Å². The number of likely N-dealkylation sites (N-methyl/N-ethyl adjacent to an activating group) is 1. The fraction of sp³-hybridized carbons (Fsp3) is 0.480. The molecule has 0 saturated carbocycles. The largest absolute Gasteiger partial charge is 0.493 e. The van der Waals surface area contributed by atoms with Gasteiger partial charge in [0.05, 0.1) is 6.61 Å². The Morgan fingerprint density at radius 1 is 0.972 bits per heavy atom. The van der Waals surface area contributed by atoms with Crippen molar-refractivity contribution in [2.75, 3.05) is 52.9 Å². The molecule has 2 saturated heterocycles. The third-order valence-corrected chi connectivity index (χ3v) is 8.76. The molecule has 2 aromatic rings. The van der Waals surface area contributed by atoms with Gasteiger partial charge in [-0.2, -0.15) is 4.31 Å². The summed E-state index contributed by atoms with van der Waals surface area (Å²) < 4.78 is 74.9. The number of halogens is 3. The van der Waals surface area contributed by atoms with E-state index in [2.05, 4.69) is 4.90 Å². The van der Waals surface area contributed by atoms with E-state index in [-0.39, 0.29) is 32.0 Å². The number of hydrogen-bond acceptors (Lipinski definition) is 5. The van der Waals surface area contributed by atoms with E-state index in [1.165, 1.54) is 24.3 Å². The summed E-state index contributed by atoms with van der Waals surface area (Å²) in [5.74, 6) is -2.16. The number of carbonyl (C=O) groups excluding carboxylic acids is 1. The molecule has 1 unspecified atom stereocenters. The SMILES string of the molecule is CN1CCN(C(=O)CC2(COc3ccc(F)cc3)CCCN(S(=O)(=O)c3ccc(F)cc3F)C2)CC1. The number of ether oxygens (including phenoxy) is 1. The third-order valence-electron chi connectivity index (χ3n) is 6.88. The monoisotopic (exact) mass is 525 g/mol. The van der Waals surface area contributed by atoms with Gasteiger partial charge in [0.1, 0.15) is 28.1 Å². The van der Waals surface area contributed by atoms with Gasteiger partial charge in [-0.15, -0.1) is 0 Å². The number of hydrogen-bond donors (Lipinski definition) is 0. The molecule has 1 atom stereocenters. The molecule has 0 aliphatic carbocycles. The lowest BCUT2D eigenvalue weighted by molar-refractivity contribution is -0.136. The minimum absolute atomic E-state index is 0.0238. The molecule has 2 aliphatic heterocycles. The number of nitrogens with zero attached hydrogens (tertiary/aromatic N) is 3. The number of carbonyl (C=O) groups is 1. The number of sulfonamides is 1. The van der Waals surface area contributed by atoms with Crippen LogP contribution in [0.5, 0.6) is 5.75 Å². The van der Waals surface area contributed by atoms with Crippen LogP contribution in [0, 0.1) is 22.9 Å². The zero-order valence-electron chi connectivity index (χ0n) is 20.1. The predicted octanol–water partition coefficient (Wildman–Crippen LogP) is 3.12. The van der Waals surface area contributed by atoms with Crippen LogP contribution in [0.25, 0.3) is 0 Å². The van der Waals surface area contributed by atoms with E-state index < -0.39 is 37.8 Å². The molecule has 2 fully saturated rings. The summed E-state index contributed by atoms with van der Waals surface area (Å²) in [6.07, 6.45) is 1.01. The lowest BCUT2D eigenvalue weighted by Gasteiger charge is -2.43. The van der Waals surface area contributed by atoms with Crippen LogP contribution in [0.2, 0.25) is 0 Å². The molecule has 36 heavy (non-hydrogen) atoms. The van der Waals surface area contributed by atoms with Gasteiger partial charge < -0.3 is 14.5 Å². The number of piperidine rings is 1. The normalized spacial score (nSPS) is 21.9. The molecule has 0 aromatic heterocycles. The summed E-state index contributed by atoms with van der Waals surface area (Å²) in [4.78, 5) is 16.6. The Balaban J connectivity index is 1.58. The van der Waals surface area contributed by atoms with Gasteiger partial charge in [-0.05, 0) is 56.3 Å². The first kappa shape index (κ1) is 26.4. The summed E-state index contributed by atoms with van der Waals surface area (Å²) in [7, 11) is -2.30. The highest BCUT2D eigenvalue weighted by Gasteiger charge is 2.43. The molecule has 1 amide bonds. The summed E-state index contributed by atoms with van der Waals surface area (Å²) in [5, 5.41) is 0. The maximum Gasteiger partial charge on any atom is 0.246 e. The molecular formula is C25H30F3N3O4S. The minimum atomic E-state index is -4.28. The van der Waals surface area contributed by atoms with Crippen molar-refractivity contribution in [2.45, 2.75) is 24.2 Å². The topological polar surface area (TPSA) is 70.2 Å². The van der Waals surface area contributed by atoms with Crippen molar-refractivity contribution in [3.05, 3.63) is 59.9 Å². The average molecular weight is 526 g/mol. The Labute approximate surface area is 209 Å². The molecule has 2 heterocycles. The number of benzene rings is 2. The van der Waals surface area contributed by atoms with Crippen LogP contribution in [0.1, 0.15) is 19.3 Å². The Kier molecular flexibility index (Phi) is 7.91. The van der Waals surface area contributed by atoms with E-state index in [4.69, 9.17) is 4.74 Å². The second-order valence-corrected chi connectivity index (χ2v) is 11.5. The molecule has 4 rings (SSSR count). The fourth-order valence-corrected chi connectivity index (χ4v) is 6.40. The number of rotatable bonds is 7. The highest BCUT2D eigenvalue weighted by atomic mass is 32.2. The Hall–Kier alpha value is -2.63. The average Bonchev–Trinajstić information content (AvgIpc) is 2.84. The van der Waals surface area contributed by atoms with Gasteiger partial charge in [-0.1, -0.05) is 0 Å². The quantitative estimate of drug-likeness (QED) is 0.556. The van der Waals surface area contributed by atoms with Crippen LogP contribution in [0.3, 0.4) is 0 Å². The summed E-state index contributed by atoms with van der Waals surface area (Å²) in [6.45, 7) is 2.74. The van der Waals surface area contributed by atoms with Crippen molar-refractivity contribution < 1.29 is 31.1 Å². The first-order chi connectivity index (χ1) is 17.1. The predicted molar refractivity (Wildman–Crippen MR) is 127 cm³/mol. The fourth-order valence-electron chi connectivity index (χ4n) is 4.76. The maximum atomic E-state index is 14.4. The second kappa shape index (κ2) is 10.8. The van der Waals surface area contributed by atoms with Crippen LogP contribution in [-0.4, -0.2) is 81.4 Å². The number of amides is 1. The minimum Gasteiger partial charge on any atom is -0.493 e. The molecule has 7 nitrogen and oxygen atoms in total. The van der Waals surface area contributed by atoms with E-state index in [0.717, 1.165) is 29.5 Å². The molecule has 0 N–H and O–H groups in total. The van der Waals surface area contributed by atoms with Crippen molar-refractivity contribution in [1.82, 2.24) is 14.1 Å². The van der Waals surface area contributed by atoms with E-state index in [0.29, 0.717) is 37.7 Å². The highest BCUT2D eigenvalue weighted by Crippen LogP contribution is 2.38. The summed E-state index contributed by atoms with van der Waals surface area (Å²) in [5.41, 5.74) is -0.878. The van der Waals surface area contributed by atoms with Gasteiger partial charge >= 0.3 is 0 Å². The molecule has 2 aliphatic rings. The van der Waals surface area contributed by atoms with Gasteiger partial charge in [0.15, 0.2) is 0 Å². The molecular weight excluding hydrogens is 495 g/mol. The molecule has 11 heteroatoms. The first-order valence-corrected chi connectivity index (χ1v) is 13.3. The molecule has 0 bridgehead atoms. The van der Waals surface area contributed by atoms with Crippen LogP contribution in [0.4, 0.5) is 13.2 Å². The van der Waals surface area contributed by atoms with Crippen molar-refractivity contribution in [2.24, 2.45) is 5.41 Å². The molecule has 0 radical (unpaired) electrons. The van der Waals surface area contributed by atoms with Crippen LogP contribution in [0.15, 0.2) is 47.4 Å². The lowest BCUT2D eigenvalue weighted by atomic mass is 9.78. The standard InChI is InChI=1S/C25H30F3N3O4S/c1-29-11-13-30(14-12-29)24(32)16-25(18-35-21-6-3-19(26)4-7-21)9-2-10-31(17-25)36(33,34)23-8-5-20(27)15-22(23)28/h3-8,15H,2,9-14,16-18H2,1H3. The Morgan fingerprint density at radius 2 is 1.64 bits per heavy atom. The van der Waals surface area contributed by atoms with Gasteiger partial charge in [0.2, 0.25) is 15.9 Å². The smallest absolute Gasteiger partial charge is 0.246 e. The highest BCUT2D eigenvalue weighted by molar-refractivity contribution is 7.89. The van der Waals surface area contributed by atoms with Crippen molar-refractivity contribution in [3.63, 3.8) is 0 Å². The van der Waals surface area contributed by atoms with Gasteiger partial charge in [0.25, 0.3) is 0 Å². The molecule has 196 valence electrons. The zero-order chi connectivity index (χ0) is 25.9. The number of piperazine rings is 1. The van der Waals surface area contributed by atoms with Gasteiger partial charge in [-0.3, -0.25) is 4.79 Å². The van der Waals surface area contributed by atoms with E-state index >= 15 is 0 Å². The van der Waals surface area contributed by atoms with E-state index in [1.807, 2.05) is 7.05 Å². The van der Waals surface area contributed by atoms with Crippen molar-refractivity contribution >= 4 is 15.9 Å². The van der Waals surface area contributed by atoms with Crippen LogP contribution >= 0.6 is 0 Å². The van der Waals surface area contributed by atoms with Crippen LogP contribution < -0.4 is 4.74 Å². The maximum absolute atomic E-state index is 14.4. The zero-order valence-corrected chi connectivity index (χ0v) is 20.9. The van der Waals surface area contributed by atoms with Crippen molar-refractivity contribution in [3.8, 4) is 5.75 Å². The lowest BCUT2D eigenvalue weighted by Crippen LogP contribution is -2.53. The summed E-state index contributed by atoms with van der Waals surface area (Å²) in [6, 6.07) is 7.81. The third kappa shape index (κ3) is 6.01. The second-order valence-electron chi connectivity index (χ2n) is 9.62. The molecule has 2 aromatic carbocycles. The van der Waals surface area contributed by atoms with E-state index in [1.54, 1.807) is 4.90 Å². The van der Waals surface area contributed by atoms with E-state index in [9.17, 15) is 26.4 Å². The summed E-state index contributed by atoms with van der Waals surface area (Å²) >= 11 is 0. The van der Waals surface area contributed by atoms with Gasteiger partial charge in [-0.25, -0.2) is 21.6 Å².